The first-order valence-electron chi connectivity index (χ1n) is 5.85. The first kappa shape index (κ1) is 13.6. The largest absolute Gasteiger partial charge is 0.354 e. The molecule has 1 saturated heterocycles. The maximum absolute atomic E-state index is 4.55. The number of nitrogens with zero attached hydrogens (tertiary/aromatic N) is 2. The number of pyridine rings is 1. The van der Waals surface area contributed by atoms with Gasteiger partial charge >= 0.3 is 0 Å². The van der Waals surface area contributed by atoms with Gasteiger partial charge in [0.15, 0.2) is 0 Å². The van der Waals surface area contributed by atoms with Gasteiger partial charge in [0.05, 0.1) is 0 Å². The van der Waals surface area contributed by atoms with Crippen LogP contribution in [0, 0.1) is 0 Å². The second-order valence-electron chi connectivity index (χ2n) is 4.21. The number of fused-ring (bicyclic) bond motifs is 1. The number of rotatable bonds is 1. The molecule has 1 aliphatic heterocycles. The van der Waals surface area contributed by atoms with Crippen molar-refractivity contribution < 1.29 is 0 Å². The Morgan fingerprint density at radius 3 is 2.67 bits per heavy atom. The zero-order valence-corrected chi connectivity index (χ0v) is 12.3. The molecule has 0 aliphatic carbocycles. The average molecular weight is 329 g/mol. The monoisotopic (exact) mass is 327 g/mol. The van der Waals surface area contributed by atoms with Crippen molar-refractivity contribution in [2.75, 3.05) is 31.1 Å². The minimum absolute atomic E-state index is 0. The molecule has 0 amide bonds. The standard InChI is InChI=1S/C13H14BrN3.ClH/c14-12-3-1-2-11-10(12)4-5-16-13(11)17-8-6-15-7-9-17;/h1-5,15H,6-9H2;1H. The van der Waals surface area contributed by atoms with Crippen LogP contribution in [0.5, 0.6) is 0 Å². The highest BCUT2D eigenvalue weighted by atomic mass is 79.9. The van der Waals surface area contributed by atoms with Crippen LogP contribution in [0.15, 0.2) is 34.9 Å². The maximum Gasteiger partial charge on any atom is 0.136 e. The number of nitrogens with one attached hydrogen (secondary N) is 1. The van der Waals surface area contributed by atoms with Gasteiger partial charge in [-0.2, -0.15) is 0 Å². The van der Waals surface area contributed by atoms with Crippen molar-refractivity contribution >= 4 is 44.9 Å². The van der Waals surface area contributed by atoms with Crippen molar-refractivity contribution in [3.05, 3.63) is 34.9 Å². The van der Waals surface area contributed by atoms with E-state index >= 15 is 0 Å². The first-order chi connectivity index (χ1) is 8.36. The molecule has 0 bridgehead atoms. The Morgan fingerprint density at radius 1 is 1.11 bits per heavy atom. The SMILES string of the molecule is Brc1cccc2c(N3CCNCC3)nccc12.Cl. The summed E-state index contributed by atoms with van der Waals surface area (Å²) in [5, 5.41) is 5.82. The molecule has 0 atom stereocenters. The van der Waals surface area contributed by atoms with Crippen molar-refractivity contribution in [2.24, 2.45) is 0 Å². The molecule has 1 aromatic heterocycles. The van der Waals surface area contributed by atoms with Crippen molar-refractivity contribution in [1.82, 2.24) is 10.3 Å². The van der Waals surface area contributed by atoms with Gasteiger partial charge in [0, 0.05) is 47.6 Å². The molecule has 3 rings (SSSR count). The Labute approximate surface area is 121 Å². The van der Waals surface area contributed by atoms with Crippen LogP contribution in [0.4, 0.5) is 5.82 Å². The smallest absolute Gasteiger partial charge is 0.136 e. The van der Waals surface area contributed by atoms with Crippen LogP contribution in [0.25, 0.3) is 10.8 Å². The van der Waals surface area contributed by atoms with Gasteiger partial charge < -0.3 is 10.2 Å². The predicted octanol–water partition coefficient (Wildman–Crippen LogP) is 2.83. The van der Waals surface area contributed by atoms with Crippen molar-refractivity contribution in [3.8, 4) is 0 Å². The van der Waals surface area contributed by atoms with Gasteiger partial charge in [-0.25, -0.2) is 4.98 Å². The molecular weight excluding hydrogens is 314 g/mol. The van der Waals surface area contributed by atoms with E-state index in [1.54, 1.807) is 0 Å². The lowest BCUT2D eigenvalue weighted by molar-refractivity contribution is 0.586. The first-order valence-corrected chi connectivity index (χ1v) is 6.64. The maximum atomic E-state index is 4.55. The summed E-state index contributed by atoms with van der Waals surface area (Å²) < 4.78 is 1.13. The number of benzene rings is 1. The van der Waals surface area contributed by atoms with Crippen molar-refractivity contribution in [2.45, 2.75) is 0 Å². The van der Waals surface area contributed by atoms with E-state index in [1.807, 2.05) is 6.20 Å². The molecular formula is C13H15BrClN3. The molecule has 18 heavy (non-hydrogen) atoms. The minimum Gasteiger partial charge on any atom is -0.354 e. The van der Waals surface area contributed by atoms with Gasteiger partial charge in [-0.1, -0.05) is 28.1 Å². The van der Waals surface area contributed by atoms with Gasteiger partial charge in [0.2, 0.25) is 0 Å². The summed E-state index contributed by atoms with van der Waals surface area (Å²) >= 11 is 3.60. The Morgan fingerprint density at radius 2 is 1.89 bits per heavy atom. The van der Waals surface area contributed by atoms with E-state index in [0.717, 1.165) is 36.5 Å². The topological polar surface area (TPSA) is 28.2 Å². The van der Waals surface area contributed by atoms with Crippen molar-refractivity contribution in [1.29, 1.82) is 0 Å². The fourth-order valence-corrected chi connectivity index (χ4v) is 2.78. The van der Waals surface area contributed by atoms with Crippen LogP contribution in [0.1, 0.15) is 0 Å². The molecule has 1 fully saturated rings. The van der Waals surface area contributed by atoms with E-state index in [2.05, 4.69) is 55.4 Å². The molecule has 1 aliphatic rings. The van der Waals surface area contributed by atoms with Crippen LogP contribution >= 0.6 is 28.3 Å². The molecule has 0 radical (unpaired) electrons. The highest BCUT2D eigenvalue weighted by Crippen LogP contribution is 2.29. The van der Waals surface area contributed by atoms with Gasteiger partial charge in [0.25, 0.3) is 0 Å². The fraction of sp³-hybridized carbons (Fsp3) is 0.308. The Bertz CT molecular complexity index is 541. The van der Waals surface area contributed by atoms with Gasteiger partial charge in [-0.15, -0.1) is 12.4 Å². The quantitative estimate of drug-likeness (QED) is 0.872. The summed E-state index contributed by atoms with van der Waals surface area (Å²) in [5.41, 5.74) is 0. The summed E-state index contributed by atoms with van der Waals surface area (Å²) in [6.07, 6.45) is 1.89. The van der Waals surface area contributed by atoms with E-state index < -0.39 is 0 Å². The molecule has 2 heterocycles. The fourth-order valence-electron chi connectivity index (χ4n) is 2.28. The second kappa shape index (κ2) is 5.87. The zero-order valence-electron chi connectivity index (χ0n) is 9.90. The van der Waals surface area contributed by atoms with Gasteiger partial charge in [0.1, 0.15) is 5.82 Å². The third-order valence-corrected chi connectivity index (χ3v) is 3.84. The third kappa shape index (κ3) is 2.46. The molecule has 1 N–H and O–H groups in total. The number of anilines is 1. The van der Waals surface area contributed by atoms with E-state index in [4.69, 9.17) is 0 Å². The molecule has 5 heteroatoms. The summed E-state index contributed by atoms with van der Waals surface area (Å²) in [6.45, 7) is 4.12. The van der Waals surface area contributed by atoms with E-state index in [1.165, 1.54) is 10.8 Å². The molecule has 0 spiro atoms. The second-order valence-corrected chi connectivity index (χ2v) is 5.06. The summed E-state index contributed by atoms with van der Waals surface area (Å²) in [5.74, 6) is 1.10. The molecule has 2 aromatic rings. The van der Waals surface area contributed by atoms with Crippen LogP contribution in [-0.4, -0.2) is 31.2 Å². The average Bonchev–Trinajstić information content (AvgIpc) is 2.40. The lowest BCUT2D eigenvalue weighted by Gasteiger charge is -2.29. The molecule has 1 aromatic carbocycles. The van der Waals surface area contributed by atoms with E-state index in [9.17, 15) is 0 Å². The highest BCUT2D eigenvalue weighted by Gasteiger charge is 2.14. The lowest BCUT2D eigenvalue weighted by atomic mass is 10.1. The predicted molar refractivity (Wildman–Crippen MR) is 81.8 cm³/mol. The van der Waals surface area contributed by atoms with Crippen molar-refractivity contribution in [3.63, 3.8) is 0 Å². The summed E-state index contributed by atoms with van der Waals surface area (Å²) in [7, 11) is 0. The number of hydrogen-bond donors (Lipinski definition) is 1. The van der Waals surface area contributed by atoms with E-state index in [0.29, 0.717) is 0 Å². The Hall–Kier alpha value is -0.840. The van der Waals surface area contributed by atoms with Crippen LogP contribution in [-0.2, 0) is 0 Å². The number of aromatic nitrogens is 1. The minimum atomic E-state index is 0. The number of halogens is 2. The van der Waals surface area contributed by atoms with Crippen LogP contribution in [0.2, 0.25) is 0 Å². The lowest BCUT2D eigenvalue weighted by Crippen LogP contribution is -2.43. The molecule has 0 unspecified atom stereocenters. The van der Waals surface area contributed by atoms with Gasteiger partial charge in [-0.3, -0.25) is 0 Å². The van der Waals surface area contributed by atoms with Crippen LogP contribution in [0.3, 0.4) is 0 Å². The summed E-state index contributed by atoms with van der Waals surface area (Å²) in [6, 6.07) is 8.35. The van der Waals surface area contributed by atoms with Gasteiger partial charge in [-0.05, 0) is 12.1 Å². The molecule has 96 valence electrons. The normalized spacial score (nSPS) is 15.5. The van der Waals surface area contributed by atoms with Crippen LogP contribution < -0.4 is 10.2 Å². The Kier molecular flexibility index (Phi) is 4.43. The summed E-state index contributed by atoms with van der Waals surface area (Å²) in [4.78, 5) is 6.90. The molecule has 0 saturated carbocycles. The zero-order chi connectivity index (χ0) is 11.7. The molecule has 3 nitrogen and oxygen atoms in total. The third-order valence-electron chi connectivity index (χ3n) is 3.15. The number of piperazine rings is 1. The number of hydrogen-bond acceptors (Lipinski definition) is 3. The Balaban J connectivity index is 0.00000120. The van der Waals surface area contributed by atoms with E-state index in [-0.39, 0.29) is 12.4 Å². The highest BCUT2D eigenvalue weighted by molar-refractivity contribution is 9.10.